The summed E-state index contributed by atoms with van der Waals surface area (Å²) in [5.74, 6) is 0. The van der Waals surface area contributed by atoms with Gasteiger partial charge >= 0.3 is 0 Å². The van der Waals surface area contributed by atoms with Crippen molar-refractivity contribution in [2.24, 2.45) is 0 Å². The second kappa shape index (κ2) is 19.0. The number of rotatable bonds is 14. The highest BCUT2D eigenvalue weighted by Gasteiger charge is 2.18. The molecule has 7 nitrogen and oxygen atoms in total. The van der Waals surface area contributed by atoms with Gasteiger partial charge in [0.25, 0.3) is 0 Å². The summed E-state index contributed by atoms with van der Waals surface area (Å²) in [7, 11) is 0. The Hall–Kier alpha value is -4.34. The van der Waals surface area contributed by atoms with E-state index in [0.717, 1.165) is 98.5 Å². The van der Waals surface area contributed by atoms with E-state index in [-0.39, 0.29) is 18.9 Å². The average molecular weight is 740 g/mol. The maximum absolute atomic E-state index is 6.09. The van der Waals surface area contributed by atoms with Crippen LogP contribution in [0.4, 0.5) is 17.1 Å². The SMILES string of the molecule is c1cc(-c2ccc(N(c3ccc(COC4CCCCO4)cc3)c3ccc(-c4ccc(COC5CCCCO5)cc4)cc3)cc2)ccc1COC1CCCCO1. The highest BCUT2D eigenvalue weighted by molar-refractivity contribution is 5.80. The van der Waals surface area contributed by atoms with Crippen molar-refractivity contribution in [3.8, 4) is 22.3 Å². The van der Waals surface area contributed by atoms with Crippen molar-refractivity contribution in [1.29, 1.82) is 0 Å². The van der Waals surface area contributed by atoms with E-state index in [1.807, 2.05) is 0 Å². The molecule has 0 amide bonds. The largest absolute Gasteiger partial charge is 0.353 e. The van der Waals surface area contributed by atoms with Gasteiger partial charge in [0.2, 0.25) is 0 Å². The molecule has 286 valence electrons. The van der Waals surface area contributed by atoms with E-state index in [1.165, 1.54) is 35.1 Å². The van der Waals surface area contributed by atoms with Gasteiger partial charge in [0.1, 0.15) is 0 Å². The van der Waals surface area contributed by atoms with Crippen molar-refractivity contribution in [2.45, 2.75) is 96.5 Å². The molecule has 8 rings (SSSR count). The van der Waals surface area contributed by atoms with Crippen molar-refractivity contribution in [3.63, 3.8) is 0 Å². The fraction of sp³-hybridized carbons (Fsp3) is 0.375. The molecule has 3 fully saturated rings. The van der Waals surface area contributed by atoms with Gasteiger partial charge in [-0.15, -0.1) is 0 Å². The van der Waals surface area contributed by atoms with Gasteiger partial charge in [0.05, 0.1) is 19.8 Å². The zero-order valence-electron chi connectivity index (χ0n) is 31.8. The average Bonchev–Trinajstić information content (AvgIpc) is 3.27. The number of benzene rings is 5. The van der Waals surface area contributed by atoms with E-state index in [1.54, 1.807) is 0 Å². The molecule has 7 heteroatoms. The summed E-state index contributed by atoms with van der Waals surface area (Å²) >= 11 is 0. The van der Waals surface area contributed by atoms with Gasteiger partial charge in [0, 0.05) is 36.9 Å². The Morgan fingerprint density at radius 3 is 0.927 bits per heavy atom. The Morgan fingerprint density at radius 1 is 0.364 bits per heavy atom. The molecule has 5 aromatic rings. The first-order valence-electron chi connectivity index (χ1n) is 20.2. The van der Waals surface area contributed by atoms with E-state index < -0.39 is 0 Å². The van der Waals surface area contributed by atoms with Crippen LogP contribution in [0.15, 0.2) is 121 Å². The lowest BCUT2D eigenvalue weighted by molar-refractivity contribution is -0.169. The third-order valence-electron chi connectivity index (χ3n) is 10.7. The lowest BCUT2D eigenvalue weighted by Gasteiger charge is -2.26. The molecule has 0 radical (unpaired) electrons. The van der Waals surface area contributed by atoms with Gasteiger partial charge in [-0.2, -0.15) is 0 Å². The number of hydrogen-bond acceptors (Lipinski definition) is 7. The molecule has 0 aromatic heterocycles. The van der Waals surface area contributed by atoms with Crippen LogP contribution in [0.5, 0.6) is 0 Å². The van der Waals surface area contributed by atoms with E-state index in [0.29, 0.717) is 19.8 Å². The zero-order valence-corrected chi connectivity index (χ0v) is 31.8. The minimum atomic E-state index is -0.108. The van der Waals surface area contributed by atoms with Gasteiger partial charge in [0.15, 0.2) is 18.9 Å². The molecule has 0 spiro atoms. The highest BCUT2D eigenvalue weighted by atomic mass is 16.7. The molecule has 3 saturated heterocycles. The Balaban J connectivity index is 0.976. The van der Waals surface area contributed by atoms with Gasteiger partial charge < -0.3 is 33.3 Å². The minimum absolute atomic E-state index is 0.0837. The van der Waals surface area contributed by atoms with Gasteiger partial charge in [-0.1, -0.05) is 84.9 Å². The summed E-state index contributed by atoms with van der Waals surface area (Å²) in [6.45, 7) is 4.03. The van der Waals surface area contributed by atoms with Crippen LogP contribution in [-0.2, 0) is 48.2 Å². The molecule has 3 aliphatic heterocycles. The molecule has 3 unspecified atom stereocenters. The van der Waals surface area contributed by atoms with Crippen LogP contribution < -0.4 is 4.90 Å². The molecule has 5 aromatic carbocycles. The summed E-state index contributed by atoms with van der Waals surface area (Å²) < 4.78 is 35.4. The van der Waals surface area contributed by atoms with E-state index in [4.69, 9.17) is 28.4 Å². The Kier molecular flexibility index (Phi) is 13.0. The standard InChI is InChI=1S/C48H53NO6/c1-4-30-50-46(7-1)53-33-36-10-16-39(17-11-36)41-20-26-44(27-21-41)49(43-24-14-38(15-25-43)35-55-48-9-3-6-32-52-48)45-28-22-42(23-29-45)40-18-12-37(13-19-40)34-54-47-8-2-5-31-51-47/h10-29,46-48H,1-9,30-35H2. The maximum Gasteiger partial charge on any atom is 0.158 e. The highest BCUT2D eigenvalue weighted by Crippen LogP contribution is 2.37. The Morgan fingerprint density at radius 2 is 0.636 bits per heavy atom. The van der Waals surface area contributed by atoms with Crippen molar-refractivity contribution in [1.82, 2.24) is 0 Å². The third-order valence-corrected chi connectivity index (χ3v) is 10.7. The van der Waals surface area contributed by atoms with Crippen LogP contribution in [0.2, 0.25) is 0 Å². The predicted molar refractivity (Wildman–Crippen MR) is 217 cm³/mol. The molecule has 3 atom stereocenters. The molecule has 0 N–H and O–H groups in total. The molecular weight excluding hydrogens is 687 g/mol. The molecule has 0 saturated carbocycles. The van der Waals surface area contributed by atoms with E-state index >= 15 is 0 Å². The Labute approximate surface area is 326 Å². The molecular formula is C48H53NO6. The molecule has 0 aliphatic carbocycles. The van der Waals surface area contributed by atoms with Crippen LogP contribution >= 0.6 is 0 Å². The quantitative estimate of drug-likeness (QED) is 0.112. The van der Waals surface area contributed by atoms with Crippen molar-refractivity contribution < 1.29 is 28.4 Å². The lowest BCUT2D eigenvalue weighted by atomic mass is 10.0. The first-order valence-corrected chi connectivity index (χ1v) is 20.2. The summed E-state index contributed by atoms with van der Waals surface area (Å²) in [5.41, 5.74) is 11.4. The number of hydrogen-bond donors (Lipinski definition) is 0. The summed E-state index contributed by atoms with van der Waals surface area (Å²) in [4.78, 5) is 2.31. The first-order chi connectivity index (χ1) is 27.2. The third kappa shape index (κ3) is 10.3. The molecule has 3 aliphatic rings. The van der Waals surface area contributed by atoms with Crippen LogP contribution in [-0.4, -0.2) is 38.7 Å². The number of anilines is 3. The summed E-state index contributed by atoms with van der Waals surface area (Å²) in [6.07, 6.45) is 9.48. The smallest absolute Gasteiger partial charge is 0.158 e. The van der Waals surface area contributed by atoms with Crippen LogP contribution in [0.1, 0.15) is 74.5 Å². The van der Waals surface area contributed by atoms with Crippen LogP contribution in [0.3, 0.4) is 0 Å². The van der Waals surface area contributed by atoms with E-state index in [2.05, 4.69) is 126 Å². The topological polar surface area (TPSA) is 58.6 Å². The van der Waals surface area contributed by atoms with Crippen LogP contribution in [0.25, 0.3) is 22.3 Å². The second-order valence-electron chi connectivity index (χ2n) is 14.8. The monoisotopic (exact) mass is 739 g/mol. The van der Waals surface area contributed by atoms with E-state index in [9.17, 15) is 0 Å². The summed E-state index contributed by atoms with van der Waals surface area (Å²) in [5, 5.41) is 0. The normalized spacial score (nSPS) is 20.3. The van der Waals surface area contributed by atoms with Crippen LogP contribution in [0, 0.1) is 0 Å². The van der Waals surface area contributed by atoms with Gasteiger partial charge in [-0.3, -0.25) is 0 Å². The fourth-order valence-electron chi connectivity index (χ4n) is 7.48. The van der Waals surface area contributed by atoms with Crippen molar-refractivity contribution in [3.05, 3.63) is 138 Å². The van der Waals surface area contributed by atoms with Gasteiger partial charge in [-0.05, 0) is 133 Å². The zero-order chi connectivity index (χ0) is 37.1. The molecule has 3 heterocycles. The lowest BCUT2D eigenvalue weighted by Crippen LogP contribution is -2.22. The minimum Gasteiger partial charge on any atom is -0.353 e. The number of nitrogens with zero attached hydrogens (tertiary/aromatic N) is 1. The molecule has 0 bridgehead atoms. The summed E-state index contributed by atoms with van der Waals surface area (Å²) in [6, 6.07) is 43.6. The Bertz CT molecular complexity index is 1770. The fourth-order valence-corrected chi connectivity index (χ4v) is 7.48. The second-order valence-corrected chi connectivity index (χ2v) is 14.8. The predicted octanol–water partition coefficient (Wildman–Crippen LogP) is 11.6. The van der Waals surface area contributed by atoms with Crippen molar-refractivity contribution >= 4 is 17.1 Å². The number of ether oxygens (including phenoxy) is 6. The molecule has 55 heavy (non-hydrogen) atoms. The van der Waals surface area contributed by atoms with Crippen molar-refractivity contribution in [2.75, 3.05) is 24.7 Å². The van der Waals surface area contributed by atoms with Gasteiger partial charge in [-0.25, -0.2) is 0 Å². The first kappa shape index (κ1) is 37.6. The maximum atomic E-state index is 6.09.